The van der Waals surface area contributed by atoms with Gasteiger partial charge in [-0.3, -0.25) is 0 Å². The van der Waals surface area contributed by atoms with Gasteiger partial charge in [-0.15, -0.1) is 11.6 Å². The lowest BCUT2D eigenvalue weighted by atomic mass is 9.89. The monoisotopic (exact) mass is 295 g/mol. The van der Waals surface area contributed by atoms with Gasteiger partial charge in [-0.1, -0.05) is 0 Å². The molecule has 6 heteroatoms. The van der Waals surface area contributed by atoms with Crippen LogP contribution in [0, 0.1) is 5.92 Å². The standard InChI is InChI=1S/C12H22ClNO3S/c13-11-5-3-10(4-6-11)8-14-18(15,16)9-12-2-1-7-17-12/h10-12,14H,1-9H2. The molecule has 1 heterocycles. The first-order chi connectivity index (χ1) is 8.55. The third-order valence-electron chi connectivity index (χ3n) is 3.80. The molecular formula is C12H22ClNO3S. The number of rotatable bonds is 5. The normalized spacial score (nSPS) is 33.7. The minimum absolute atomic E-state index is 0.109. The highest BCUT2D eigenvalue weighted by Crippen LogP contribution is 2.27. The molecule has 1 aliphatic carbocycles. The Kier molecular flexibility index (Phi) is 5.30. The van der Waals surface area contributed by atoms with E-state index in [2.05, 4.69) is 4.72 Å². The number of halogens is 1. The maximum Gasteiger partial charge on any atom is 0.214 e. The van der Waals surface area contributed by atoms with E-state index in [9.17, 15) is 8.42 Å². The fraction of sp³-hybridized carbons (Fsp3) is 1.00. The Labute approximate surface area is 114 Å². The molecule has 1 N–H and O–H groups in total. The Morgan fingerprint density at radius 2 is 1.89 bits per heavy atom. The highest BCUT2D eigenvalue weighted by atomic mass is 35.5. The topological polar surface area (TPSA) is 55.4 Å². The van der Waals surface area contributed by atoms with Crippen molar-refractivity contribution >= 4 is 21.6 Å². The zero-order valence-corrected chi connectivity index (χ0v) is 12.2. The molecule has 0 radical (unpaired) electrons. The summed E-state index contributed by atoms with van der Waals surface area (Å²) in [4.78, 5) is 0. The predicted molar refractivity (Wildman–Crippen MR) is 72.4 cm³/mol. The molecule has 1 saturated heterocycles. The number of sulfonamides is 1. The van der Waals surface area contributed by atoms with Crippen molar-refractivity contribution in [1.82, 2.24) is 4.72 Å². The summed E-state index contributed by atoms with van der Waals surface area (Å²) in [5.41, 5.74) is 0. The van der Waals surface area contributed by atoms with E-state index in [-0.39, 0.29) is 17.2 Å². The van der Waals surface area contributed by atoms with Crippen LogP contribution in [0.3, 0.4) is 0 Å². The molecular weight excluding hydrogens is 274 g/mol. The Morgan fingerprint density at radius 3 is 2.50 bits per heavy atom. The van der Waals surface area contributed by atoms with Crippen molar-refractivity contribution in [3.05, 3.63) is 0 Å². The minimum Gasteiger partial charge on any atom is -0.377 e. The first kappa shape index (κ1) is 14.6. The number of hydrogen-bond donors (Lipinski definition) is 1. The van der Waals surface area contributed by atoms with Crippen LogP contribution in [0.25, 0.3) is 0 Å². The SMILES string of the molecule is O=S(=O)(CC1CCCO1)NCC1CCC(Cl)CC1. The van der Waals surface area contributed by atoms with Crippen LogP contribution in [-0.4, -0.2) is 38.8 Å². The lowest BCUT2D eigenvalue weighted by Crippen LogP contribution is -2.36. The summed E-state index contributed by atoms with van der Waals surface area (Å²) in [5, 5.41) is 0.282. The van der Waals surface area contributed by atoms with Crippen LogP contribution in [0.1, 0.15) is 38.5 Å². The van der Waals surface area contributed by atoms with E-state index < -0.39 is 10.0 Å². The number of nitrogens with one attached hydrogen (secondary N) is 1. The lowest BCUT2D eigenvalue weighted by Gasteiger charge is -2.25. The Morgan fingerprint density at radius 1 is 1.17 bits per heavy atom. The van der Waals surface area contributed by atoms with Crippen molar-refractivity contribution < 1.29 is 13.2 Å². The Hall–Kier alpha value is 0.160. The minimum atomic E-state index is -3.19. The van der Waals surface area contributed by atoms with Gasteiger partial charge in [0.05, 0.1) is 11.9 Å². The summed E-state index contributed by atoms with van der Waals surface area (Å²) < 4.78 is 31.8. The third kappa shape index (κ3) is 4.68. The van der Waals surface area contributed by atoms with Crippen LogP contribution >= 0.6 is 11.6 Å². The summed E-state index contributed by atoms with van der Waals surface area (Å²) in [6.45, 7) is 1.25. The van der Waals surface area contributed by atoms with Crippen molar-refractivity contribution in [2.45, 2.75) is 50.0 Å². The first-order valence-corrected chi connectivity index (χ1v) is 8.87. The molecule has 2 aliphatic rings. The molecule has 0 bridgehead atoms. The summed E-state index contributed by atoms with van der Waals surface area (Å²) >= 11 is 6.03. The van der Waals surface area contributed by atoms with Crippen LogP contribution in [-0.2, 0) is 14.8 Å². The van der Waals surface area contributed by atoms with Crippen LogP contribution in [0.15, 0.2) is 0 Å². The first-order valence-electron chi connectivity index (χ1n) is 6.78. The Balaban J connectivity index is 1.71. The maximum absolute atomic E-state index is 11.9. The van der Waals surface area contributed by atoms with E-state index in [0.717, 1.165) is 38.5 Å². The maximum atomic E-state index is 11.9. The van der Waals surface area contributed by atoms with E-state index in [1.54, 1.807) is 0 Å². The smallest absolute Gasteiger partial charge is 0.214 e. The number of alkyl halides is 1. The highest BCUT2D eigenvalue weighted by molar-refractivity contribution is 7.89. The van der Waals surface area contributed by atoms with E-state index >= 15 is 0 Å². The van der Waals surface area contributed by atoms with Crippen LogP contribution < -0.4 is 4.72 Å². The van der Waals surface area contributed by atoms with E-state index in [0.29, 0.717) is 19.1 Å². The van der Waals surface area contributed by atoms with Gasteiger partial charge in [0.15, 0.2) is 0 Å². The molecule has 106 valence electrons. The summed E-state index contributed by atoms with van der Waals surface area (Å²) in [6.07, 6.45) is 5.77. The van der Waals surface area contributed by atoms with Gasteiger partial charge >= 0.3 is 0 Å². The fourth-order valence-electron chi connectivity index (χ4n) is 2.65. The quantitative estimate of drug-likeness (QED) is 0.788. The van der Waals surface area contributed by atoms with Gasteiger partial charge in [-0.25, -0.2) is 13.1 Å². The van der Waals surface area contributed by atoms with Gasteiger partial charge in [0.2, 0.25) is 10.0 Å². The molecule has 2 rings (SSSR count). The summed E-state index contributed by atoms with van der Waals surface area (Å²) in [5.74, 6) is 0.553. The van der Waals surface area contributed by atoms with Crippen molar-refractivity contribution in [3.8, 4) is 0 Å². The van der Waals surface area contributed by atoms with Crippen molar-refractivity contribution in [3.63, 3.8) is 0 Å². The van der Waals surface area contributed by atoms with Crippen LogP contribution in [0.5, 0.6) is 0 Å². The van der Waals surface area contributed by atoms with Gasteiger partial charge in [-0.2, -0.15) is 0 Å². The van der Waals surface area contributed by atoms with Gasteiger partial charge in [-0.05, 0) is 44.4 Å². The van der Waals surface area contributed by atoms with E-state index in [1.807, 2.05) is 0 Å². The highest BCUT2D eigenvalue weighted by Gasteiger charge is 2.25. The van der Waals surface area contributed by atoms with Gasteiger partial charge < -0.3 is 4.74 Å². The fourth-order valence-corrected chi connectivity index (χ4v) is 4.26. The zero-order valence-electron chi connectivity index (χ0n) is 10.6. The molecule has 4 nitrogen and oxygen atoms in total. The average molecular weight is 296 g/mol. The van der Waals surface area contributed by atoms with Crippen molar-refractivity contribution in [2.24, 2.45) is 5.92 Å². The number of ether oxygens (including phenoxy) is 1. The Bertz CT molecular complexity index is 346. The lowest BCUT2D eigenvalue weighted by molar-refractivity contribution is 0.127. The molecule has 0 aromatic rings. The molecule has 18 heavy (non-hydrogen) atoms. The van der Waals surface area contributed by atoms with Crippen molar-refractivity contribution in [2.75, 3.05) is 18.9 Å². The molecule has 0 aromatic heterocycles. The van der Waals surface area contributed by atoms with E-state index in [1.165, 1.54) is 0 Å². The van der Waals surface area contributed by atoms with Gasteiger partial charge in [0, 0.05) is 18.5 Å². The predicted octanol–water partition coefficient (Wildman–Crippen LogP) is 1.88. The molecule has 1 unspecified atom stereocenters. The summed E-state index contributed by atoms with van der Waals surface area (Å²) in [6, 6.07) is 0. The van der Waals surface area contributed by atoms with Crippen LogP contribution in [0.4, 0.5) is 0 Å². The van der Waals surface area contributed by atoms with Crippen molar-refractivity contribution in [1.29, 1.82) is 0 Å². The van der Waals surface area contributed by atoms with Gasteiger partial charge in [0.1, 0.15) is 0 Å². The molecule has 0 spiro atoms. The second kappa shape index (κ2) is 6.55. The number of hydrogen-bond acceptors (Lipinski definition) is 3. The second-order valence-corrected chi connectivity index (χ2v) is 7.85. The average Bonchev–Trinajstić information content (AvgIpc) is 2.80. The molecule has 1 atom stereocenters. The molecule has 2 fully saturated rings. The van der Waals surface area contributed by atoms with E-state index in [4.69, 9.17) is 16.3 Å². The van der Waals surface area contributed by atoms with Gasteiger partial charge in [0.25, 0.3) is 0 Å². The second-order valence-electron chi connectivity index (χ2n) is 5.38. The zero-order chi connectivity index (χ0) is 13.0. The van der Waals surface area contributed by atoms with Crippen LogP contribution in [0.2, 0.25) is 0 Å². The molecule has 0 aromatic carbocycles. The third-order valence-corrected chi connectivity index (χ3v) is 5.65. The largest absolute Gasteiger partial charge is 0.377 e. The molecule has 1 aliphatic heterocycles. The summed E-state index contributed by atoms with van der Waals surface area (Å²) in [7, 11) is -3.19. The molecule has 1 saturated carbocycles. The molecule has 0 amide bonds.